The zero-order valence-electron chi connectivity index (χ0n) is 21.2. The van der Waals surface area contributed by atoms with Crippen LogP contribution in [0.5, 0.6) is 0 Å². The Kier molecular flexibility index (Phi) is 6.56. The fraction of sp³-hybridized carbons (Fsp3) is 0.321. The molecule has 3 aromatic rings. The second-order valence-corrected chi connectivity index (χ2v) is 10.9. The molecular weight excluding hydrogens is 458 g/mol. The Hall–Kier alpha value is -3.45. The zero-order valence-corrected chi connectivity index (χ0v) is 22.1. The second kappa shape index (κ2) is 9.30. The molecular formula is C28H31N3O3S. The Balaban J connectivity index is 1.89. The first-order valence-electron chi connectivity index (χ1n) is 11.5. The van der Waals surface area contributed by atoms with Crippen molar-refractivity contribution in [3.05, 3.63) is 96.2 Å². The highest BCUT2D eigenvalue weighted by atomic mass is 32.1. The number of hydrogen-bond donors (Lipinski definition) is 0. The third-order valence-corrected chi connectivity index (χ3v) is 7.21. The maximum atomic E-state index is 13.7. The van der Waals surface area contributed by atoms with E-state index in [2.05, 4.69) is 37.9 Å². The molecule has 6 nitrogen and oxygen atoms in total. The number of carbonyl (C=O) groups is 1. The monoisotopic (exact) mass is 489 g/mol. The SMILES string of the molecule is COC(=O)C1=C(C)N=c2sc(=Cc3ccc(N(C)C)cc3)c(=O)n2C1c1ccc(C(C)(C)C)cc1. The first-order chi connectivity index (χ1) is 16.5. The number of aromatic nitrogens is 1. The number of benzene rings is 2. The van der Waals surface area contributed by atoms with Crippen molar-refractivity contribution >= 4 is 29.1 Å². The van der Waals surface area contributed by atoms with Gasteiger partial charge in [0.15, 0.2) is 4.80 Å². The number of thiazole rings is 1. The van der Waals surface area contributed by atoms with Crippen LogP contribution >= 0.6 is 11.3 Å². The Labute approximate surface area is 209 Å². The molecule has 0 aliphatic carbocycles. The fourth-order valence-electron chi connectivity index (χ4n) is 4.19. The van der Waals surface area contributed by atoms with Gasteiger partial charge in [-0.2, -0.15) is 0 Å². The van der Waals surface area contributed by atoms with Crippen LogP contribution in [-0.2, 0) is 14.9 Å². The van der Waals surface area contributed by atoms with Gasteiger partial charge in [-0.25, -0.2) is 9.79 Å². The second-order valence-electron chi connectivity index (χ2n) is 9.93. The highest BCUT2D eigenvalue weighted by molar-refractivity contribution is 7.07. The summed E-state index contributed by atoms with van der Waals surface area (Å²) in [6.07, 6.45) is 1.88. The van der Waals surface area contributed by atoms with Crippen molar-refractivity contribution in [3.63, 3.8) is 0 Å². The van der Waals surface area contributed by atoms with Crippen molar-refractivity contribution in [2.45, 2.75) is 39.2 Å². The van der Waals surface area contributed by atoms with Gasteiger partial charge in [0.25, 0.3) is 5.56 Å². The lowest BCUT2D eigenvalue weighted by molar-refractivity contribution is -0.136. The molecule has 0 saturated heterocycles. The maximum Gasteiger partial charge on any atom is 0.338 e. The lowest BCUT2D eigenvalue weighted by atomic mass is 9.85. The fourth-order valence-corrected chi connectivity index (χ4v) is 5.24. The van der Waals surface area contributed by atoms with Gasteiger partial charge >= 0.3 is 5.97 Å². The number of allylic oxidation sites excluding steroid dienone is 1. The molecule has 4 rings (SSSR count). The molecule has 1 aliphatic heterocycles. The van der Waals surface area contributed by atoms with E-state index in [4.69, 9.17) is 4.74 Å². The summed E-state index contributed by atoms with van der Waals surface area (Å²) in [7, 11) is 5.33. The van der Waals surface area contributed by atoms with Gasteiger partial charge in [-0.15, -0.1) is 0 Å². The number of methoxy groups -OCH3 is 1. The first-order valence-corrected chi connectivity index (χ1v) is 12.3. The molecule has 0 radical (unpaired) electrons. The minimum Gasteiger partial charge on any atom is -0.466 e. The van der Waals surface area contributed by atoms with Crippen LogP contribution in [0.2, 0.25) is 0 Å². The van der Waals surface area contributed by atoms with E-state index >= 15 is 0 Å². The quantitative estimate of drug-likeness (QED) is 0.524. The average molecular weight is 490 g/mol. The van der Waals surface area contributed by atoms with Crippen LogP contribution in [0.15, 0.2) is 69.6 Å². The van der Waals surface area contributed by atoms with Crippen LogP contribution in [0.25, 0.3) is 6.08 Å². The topological polar surface area (TPSA) is 63.9 Å². The van der Waals surface area contributed by atoms with Gasteiger partial charge in [-0.05, 0) is 47.2 Å². The molecule has 0 saturated carbocycles. The Morgan fingerprint density at radius 3 is 2.26 bits per heavy atom. The van der Waals surface area contributed by atoms with Crippen LogP contribution in [0, 0.1) is 0 Å². The van der Waals surface area contributed by atoms with E-state index in [1.165, 1.54) is 24.0 Å². The standard InChI is InChI=1S/C28H31N3O3S/c1-17-23(26(33)34-7)24(19-10-12-20(13-11-19)28(2,3)4)31-25(32)22(35-27(31)29-17)16-18-8-14-21(15-9-18)30(5)6/h8-16,24H,1-7H3. The maximum absolute atomic E-state index is 13.7. The van der Waals surface area contributed by atoms with E-state index in [0.717, 1.165) is 16.8 Å². The predicted octanol–water partition coefficient (Wildman–Crippen LogP) is 3.77. The van der Waals surface area contributed by atoms with Crippen LogP contribution in [0.1, 0.15) is 50.4 Å². The summed E-state index contributed by atoms with van der Waals surface area (Å²) in [6, 6.07) is 15.5. The van der Waals surface area contributed by atoms with Gasteiger partial charge in [-0.1, -0.05) is 68.5 Å². The van der Waals surface area contributed by atoms with E-state index in [1.54, 1.807) is 11.5 Å². The van der Waals surface area contributed by atoms with Gasteiger partial charge < -0.3 is 9.64 Å². The van der Waals surface area contributed by atoms with E-state index in [0.29, 0.717) is 20.6 Å². The Bertz CT molecular complexity index is 1470. The number of hydrogen-bond acceptors (Lipinski definition) is 6. The van der Waals surface area contributed by atoms with Crippen molar-refractivity contribution in [2.24, 2.45) is 4.99 Å². The van der Waals surface area contributed by atoms with Crippen molar-refractivity contribution in [3.8, 4) is 0 Å². The van der Waals surface area contributed by atoms with Crippen LogP contribution < -0.4 is 19.8 Å². The van der Waals surface area contributed by atoms with Crippen molar-refractivity contribution in [1.29, 1.82) is 0 Å². The van der Waals surface area contributed by atoms with Gasteiger partial charge in [-0.3, -0.25) is 9.36 Å². The van der Waals surface area contributed by atoms with Gasteiger partial charge in [0.05, 0.1) is 29.0 Å². The molecule has 1 atom stereocenters. The molecule has 1 unspecified atom stereocenters. The molecule has 0 fully saturated rings. The summed E-state index contributed by atoms with van der Waals surface area (Å²) in [5.74, 6) is -0.482. The largest absolute Gasteiger partial charge is 0.466 e. The van der Waals surface area contributed by atoms with Crippen LogP contribution in [0.3, 0.4) is 0 Å². The minimum absolute atomic E-state index is 0.00793. The number of fused-ring (bicyclic) bond motifs is 1. The number of esters is 1. The average Bonchev–Trinajstić information content (AvgIpc) is 3.12. The summed E-state index contributed by atoms with van der Waals surface area (Å²) < 4.78 is 7.28. The van der Waals surface area contributed by atoms with E-state index < -0.39 is 12.0 Å². The van der Waals surface area contributed by atoms with Crippen LogP contribution in [-0.4, -0.2) is 31.7 Å². The summed E-state index contributed by atoms with van der Waals surface area (Å²) in [5.41, 5.74) is 4.79. The number of ether oxygens (including phenoxy) is 1. The molecule has 35 heavy (non-hydrogen) atoms. The molecule has 2 heterocycles. The molecule has 0 spiro atoms. The Morgan fingerprint density at radius 2 is 1.71 bits per heavy atom. The summed E-state index contributed by atoms with van der Waals surface area (Å²) >= 11 is 1.33. The van der Waals surface area contributed by atoms with Crippen molar-refractivity contribution < 1.29 is 9.53 Å². The van der Waals surface area contributed by atoms with Crippen LogP contribution in [0.4, 0.5) is 5.69 Å². The molecule has 1 aromatic heterocycles. The van der Waals surface area contributed by atoms with E-state index in [1.807, 2.05) is 61.5 Å². The summed E-state index contributed by atoms with van der Waals surface area (Å²) in [6.45, 7) is 8.25. The zero-order chi connectivity index (χ0) is 25.5. The normalized spacial score (nSPS) is 16.1. The van der Waals surface area contributed by atoms with E-state index in [9.17, 15) is 9.59 Å². The summed E-state index contributed by atoms with van der Waals surface area (Å²) in [4.78, 5) is 33.7. The molecule has 1 aliphatic rings. The predicted molar refractivity (Wildman–Crippen MR) is 142 cm³/mol. The number of anilines is 1. The van der Waals surface area contributed by atoms with Gasteiger partial charge in [0, 0.05) is 19.8 Å². The smallest absolute Gasteiger partial charge is 0.338 e. The first kappa shape index (κ1) is 24.7. The molecule has 0 amide bonds. The highest BCUT2D eigenvalue weighted by Gasteiger charge is 2.33. The Morgan fingerprint density at radius 1 is 1.09 bits per heavy atom. The van der Waals surface area contributed by atoms with E-state index in [-0.39, 0.29) is 11.0 Å². The molecule has 0 N–H and O–H groups in total. The minimum atomic E-state index is -0.606. The highest BCUT2D eigenvalue weighted by Crippen LogP contribution is 2.32. The molecule has 2 aromatic carbocycles. The molecule has 0 bridgehead atoms. The lowest BCUT2D eigenvalue weighted by Crippen LogP contribution is -2.39. The summed E-state index contributed by atoms with van der Waals surface area (Å²) in [5, 5.41) is 0. The third kappa shape index (κ3) is 4.73. The number of carbonyl (C=O) groups excluding carboxylic acids is 1. The molecule has 7 heteroatoms. The van der Waals surface area contributed by atoms with Crippen molar-refractivity contribution in [1.82, 2.24) is 4.57 Å². The van der Waals surface area contributed by atoms with Gasteiger partial charge in [0.1, 0.15) is 0 Å². The lowest BCUT2D eigenvalue weighted by Gasteiger charge is -2.25. The number of nitrogens with zero attached hydrogens (tertiary/aromatic N) is 3. The van der Waals surface area contributed by atoms with Crippen molar-refractivity contribution in [2.75, 3.05) is 26.1 Å². The molecule has 182 valence electrons. The number of rotatable bonds is 4. The van der Waals surface area contributed by atoms with Gasteiger partial charge in [0.2, 0.25) is 0 Å². The third-order valence-electron chi connectivity index (χ3n) is 6.23.